The van der Waals surface area contributed by atoms with Gasteiger partial charge in [-0.25, -0.2) is 14.2 Å². The van der Waals surface area contributed by atoms with Gasteiger partial charge in [-0.05, 0) is 31.2 Å². The normalized spacial score (nSPS) is 18.1. The van der Waals surface area contributed by atoms with Crippen molar-refractivity contribution in [3.05, 3.63) is 59.4 Å². The van der Waals surface area contributed by atoms with Crippen LogP contribution in [0.2, 0.25) is 0 Å². The fraction of sp³-hybridized carbons (Fsp3) is 0.273. The molecule has 2 aromatic carbocycles. The maximum absolute atomic E-state index is 14.6. The number of aromatic nitrogens is 3. The molecule has 0 radical (unpaired) electrons. The van der Waals surface area contributed by atoms with Crippen LogP contribution in [0.5, 0.6) is 11.5 Å². The lowest BCUT2D eigenvalue weighted by atomic mass is 9.86. The van der Waals surface area contributed by atoms with Gasteiger partial charge in [-0.1, -0.05) is 0 Å². The van der Waals surface area contributed by atoms with Crippen molar-refractivity contribution in [3.63, 3.8) is 0 Å². The second-order valence-electron chi connectivity index (χ2n) is 7.64. The van der Waals surface area contributed by atoms with Crippen LogP contribution in [0.3, 0.4) is 0 Å². The molecule has 2 aliphatic heterocycles. The van der Waals surface area contributed by atoms with Gasteiger partial charge in [-0.2, -0.15) is 5.10 Å². The predicted molar refractivity (Wildman–Crippen MR) is 110 cm³/mol. The molecule has 0 bridgehead atoms. The first-order valence-electron chi connectivity index (χ1n) is 10.2. The maximum Gasteiger partial charge on any atom is 0.586 e. The lowest BCUT2D eigenvalue weighted by molar-refractivity contribution is -0.286. The van der Waals surface area contributed by atoms with Gasteiger partial charge in [0.05, 0.1) is 29.3 Å². The number of rotatable bonds is 4. The van der Waals surface area contributed by atoms with Crippen LogP contribution in [0.1, 0.15) is 39.4 Å². The van der Waals surface area contributed by atoms with E-state index in [0.29, 0.717) is 11.5 Å². The highest BCUT2D eigenvalue weighted by Gasteiger charge is 2.44. The van der Waals surface area contributed by atoms with E-state index in [1.165, 1.54) is 34.1 Å². The third-order valence-corrected chi connectivity index (χ3v) is 5.55. The maximum atomic E-state index is 14.6. The first kappa shape index (κ1) is 21.7. The Kier molecular flexibility index (Phi) is 4.95. The molecular formula is C22H17F3N4O5. The van der Waals surface area contributed by atoms with E-state index < -0.39 is 29.8 Å². The van der Waals surface area contributed by atoms with Gasteiger partial charge in [0.15, 0.2) is 17.3 Å². The smallest absolute Gasteiger partial charge is 0.462 e. The Morgan fingerprint density at radius 1 is 1.24 bits per heavy atom. The predicted octanol–water partition coefficient (Wildman–Crippen LogP) is 3.57. The minimum Gasteiger partial charge on any atom is -0.462 e. The standard InChI is InChI=1S/C22H17F3N4O5/c1-3-32-21(31)13-6-11(23)7-15-18(13)19(30)14(20-26-10-27-28(20)2)9-29(15)12-4-5-16-17(8-12)34-22(24,25)33-16/h4-8,10,14H,3,9H2,1-2H3. The van der Waals surface area contributed by atoms with Crippen molar-refractivity contribution in [3.8, 4) is 11.5 Å². The van der Waals surface area contributed by atoms with Crippen LogP contribution in [0, 0.1) is 5.82 Å². The van der Waals surface area contributed by atoms with E-state index in [0.717, 1.165) is 12.1 Å². The molecule has 0 fully saturated rings. The summed E-state index contributed by atoms with van der Waals surface area (Å²) in [5.74, 6) is -3.09. The first-order valence-corrected chi connectivity index (χ1v) is 10.2. The Hall–Kier alpha value is -4.09. The molecule has 176 valence electrons. The fourth-order valence-corrected chi connectivity index (χ4v) is 4.14. The highest BCUT2D eigenvalue weighted by atomic mass is 19.3. The molecule has 2 aliphatic rings. The largest absolute Gasteiger partial charge is 0.586 e. The number of carbonyl (C=O) groups is 2. The van der Waals surface area contributed by atoms with Gasteiger partial charge in [0, 0.05) is 25.3 Å². The van der Waals surface area contributed by atoms with Gasteiger partial charge in [0.2, 0.25) is 0 Å². The zero-order chi connectivity index (χ0) is 24.2. The summed E-state index contributed by atoms with van der Waals surface area (Å²) < 4.78 is 57.1. The summed E-state index contributed by atoms with van der Waals surface area (Å²) in [6.45, 7) is 1.58. The summed E-state index contributed by atoms with van der Waals surface area (Å²) in [7, 11) is 1.61. The summed E-state index contributed by atoms with van der Waals surface area (Å²) in [5.41, 5.74) is 0.0755. The molecule has 12 heteroatoms. The molecule has 34 heavy (non-hydrogen) atoms. The lowest BCUT2D eigenvalue weighted by Gasteiger charge is -2.35. The van der Waals surface area contributed by atoms with Crippen LogP contribution in [-0.4, -0.2) is 46.0 Å². The zero-order valence-corrected chi connectivity index (χ0v) is 17.9. The van der Waals surface area contributed by atoms with E-state index >= 15 is 0 Å². The number of esters is 1. The molecule has 0 N–H and O–H groups in total. The van der Waals surface area contributed by atoms with E-state index in [-0.39, 0.29) is 41.5 Å². The zero-order valence-electron chi connectivity index (χ0n) is 17.9. The van der Waals surface area contributed by atoms with Crippen LogP contribution < -0.4 is 14.4 Å². The van der Waals surface area contributed by atoms with E-state index in [2.05, 4.69) is 19.6 Å². The molecule has 1 atom stereocenters. The SMILES string of the molecule is CCOC(=O)c1cc(F)cc2c1C(=O)C(c1ncnn1C)CN2c1ccc2c(c1)OC(F)(F)O2. The minimum absolute atomic E-state index is 0.0190. The van der Waals surface area contributed by atoms with Gasteiger partial charge in [-0.3, -0.25) is 9.48 Å². The third kappa shape index (κ3) is 3.51. The average molecular weight is 474 g/mol. The number of nitrogens with zero attached hydrogens (tertiary/aromatic N) is 4. The molecule has 0 spiro atoms. The van der Waals surface area contributed by atoms with Gasteiger partial charge in [-0.15, -0.1) is 8.78 Å². The number of hydrogen-bond acceptors (Lipinski definition) is 8. The van der Waals surface area contributed by atoms with Crippen LogP contribution in [0.15, 0.2) is 36.7 Å². The van der Waals surface area contributed by atoms with Crippen molar-refractivity contribution in [2.75, 3.05) is 18.1 Å². The lowest BCUT2D eigenvalue weighted by Crippen LogP contribution is -2.37. The van der Waals surface area contributed by atoms with Crippen molar-refractivity contribution in [1.82, 2.24) is 14.8 Å². The summed E-state index contributed by atoms with van der Waals surface area (Å²) in [6, 6.07) is 6.07. The summed E-state index contributed by atoms with van der Waals surface area (Å²) >= 11 is 0. The number of alkyl halides is 2. The highest BCUT2D eigenvalue weighted by Crippen LogP contribution is 2.46. The number of ketones is 1. The monoisotopic (exact) mass is 474 g/mol. The minimum atomic E-state index is -3.82. The average Bonchev–Trinajstić information content (AvgIpc) is 3.33. The first-order chi connectivity index (χ1) is 16.2. The molecule has 0 amide bonds. The second-order valence-corrected chi connectivity index (χ2v) is 7.64. The van der Waals surface area contributed by atoms with Gasteiger partial charge in [0.1, 0.15) is 18.0 Å². The number of aryl methyl sites for hydroxylation is 1. The van der Waals surface area contributed by atoms with Gasteiger partial charge >= 0.3 is 12.3 Å². The Morgan fingerprint density at radius 2 is 2.00 bits per heavy atom. The number of hydrogen-bond donors (Lipinski definition) is 0. The fourth-order valence-electron chi connectivity index (χ4n) is 4.14. The molecule has 3 heterocycles. The number of anilines is 2. The van der Waals surface area contributed by atoms with Crippen LogP contribution in [0.4, 0.5) is 24.5 Å². The number of benzene rings is 2. The molecule has 9 nitrogen and oxygen atoms in total. The van der Waals surface area contributed by atoms with E-state index in [4.69, 9.17) is 4.74 Å². The van der Waals surface area contributed by atoms with E-state index in [1.54, 1.807) is 14.0 Å². The highest BCUT2D eigenvalue weighted by molar-refractivity contribution is 6.14. The van der Waals surface area contributed by atoms with Gasteiger partial charge < -0.3 is 19.1 Å². The van der Waals surface area contributed by atoms with Crippen LogP contribution in [-0.2, 0) is 11.8 Å². The number of carbonyl (C=O) groups excluding carboxylic acids is 2. The van der Waals surface area contributed by atoms with Crippen LogP contribution in [0.25, 0.3) is 0 Å². The molecule has 0 saturated carbocycles. The van der Waals surface area contributed by atoms with Crippen LogP contribution >= 0.6 is 0 Å². The molecule has 1 aromatic heterocycles. The van der Waals surface area contributed by atoms with Crippen molar-refractivity contribution in [2.24, 2.45) is 7.05 Å². The van der Waals surface area contributed by atoms with Crippen molar-refractivity contribution >= 4 is 23.1 Å². The second kappa shape index (κ2) is 7.75. The molecule has 3 aromatic rings. The molecule has 5 rings (SSSR count). The quantitative estimate of drug-likeness (QED) is 0.530. The number of halogens is 3. The topological polar surface area (TPSA) is 95.8 Å². The molecular weight excluding hydrogens is 457 g/mol. The number of Topliss-reactive ketones (excluding diaryl/α,β-unsaturated/α-hetero) is 1. The summed E-state index contributed by atoms with van der Waals surface area (Å²) in [4.78, 5) is 31.9. The third-order valence-electron chi connectivity index (χ3n) is 5.55. The summed E-state index contributed by atoms with van der Waals surface area (Å²) in [6.07, 6.45) is -2.54. The Morgan fingerprint density at radius 3 is 2.71 bits per heavy atom. The van der Waals surface area contributed by atoms with Crippen molar-refractivity contribution < 1.29 is 37.0 Å². The van der Waals surface area contributed by atoms with Gasteiger partial charge in [0.25, 0.3) is 0 Å². The van der Waals surface area contributed by atoms with E-state index in [9.17, 15) is 22.8 Å². The van der Waals surface area contributed by atoms with E-state index in [1.807, 2.05) is 0 Å². The molecule has 0 aliphatic carbocycles. The van der Waals surface area contributed by atoms with Crippen molar-refractivity contribution in [2.45, 2.75) is 19.1 Å². The number of ether oxygens (including phenoxy) is 3. The Balaban J connectivity index is 1.69. The molecule has 0 saturated heterocycles. The Bertz CT molecular complexity index is 1330. The van der Waals surface area contributed by atoms with Crippen molar-refractivity contribution in [1.29, 1.82) is 0 Å². The molecule has 1 unspecified atom stereocenters. The number of fused-ring (bicyclic) bond motifs is 2. The Labute approximate surface area is 190 Å². The summed E-state index contributed by atoms with van der Waals surface area (Å²) in [5, 5.41) is 4.01.